The number of para-hydroxylation sites is 1. The van der Waals surface area contributed by atoms with Crippen molar-refractivity contribution in [1.82, 2.24) is 0 Å². The lowest BCUT2D eigenvalue weighted by atomic mass is 9.82. The van der Waals surface area contributed by atoms with Gasteiger partial charge in [0.25, 0.3) is 0 Å². The summed E-state index contributed by atoms with van der Waals surface area (Å²) in [6.07, 6.45) is 4.34. The number of rotatable bonds is 5. The summed E-state index contributed by atoms with van der Waals surface area (Å²) < 4.78 is 6.65. The van der Waals surface area contributed by atoms with E-state index in [-0.39, 0.29) is 5.41 Å². The summed E-state index contributed by atoms with van der Waals surface area (Å²) >= 11 is 1.79. The fraction of sp³-hybridized carbons (Fsp3) is 0.0667. The summed E-state index contributed by atoms with van der Waals surface area (Å²) in [6.45, 7) is 4.68. The molecule has 1 heterocycles. The van der Waals surface area contributed by atoms with Gasteiger partial charge >= 0.3 is 0 Å². The summed E-state index contributed by atoms with van der Waals surface area (Å²) in [5, 5.41) is 2.45. The van der Waals surface area contributed by atoms with Crippen molar-refractivity contribution in [3.63, 3.8) is 0 Å². The smallest absolute Gasteiger partial charge is 0.149 e. The van der Waals surface area contributed by atoms with Gasteiger partial charge in [-0.2, -0.15) is 0 Å². The Hall–Kier alpha value is -5.51. The van der Waals surface area contributed by atoms with E-state index in [1.54, 1.807) is 11.8 Å². The summed E-state index contributed by atoms with van der Waals surface area (Å²) in [6, 6.07) is 54.5. The number of fused-ring (bicyclic) bond motifs is 7. The standard InChI is InChI=1S/C45H33NOS/c1-45(2)38-26-27-42-44(47-40-14-8-9-15-41(40)48-42)43(38)37-25-24-36(29-39(37)45)46(35-23-20-32-12-6-7-13-33(32)28-35)34-21-18-31(19-22-34)17-16-30-10-4-3-5-11-30/h3-29H,1-2H3/b17-16+. The van der Waals surface area contributed by atoms with E-state index >= 15 is 0 Å². The van der Waals surface area contributed by atoms with Crippen molar-refractivity contribution in [3.05, 3.63) is 174 Å². The quantitative estimate of drug-likeness (QED) is 0.175. The van der Waals surface area contributed by atoms with E-state index in [9.17, 15) is 0 Å². The Kier molecular flexibility index (Phi) is 6.77. The van der Waals surface area contributed by atoms with Crippen LogP contribution in [-0.4, -0.2) is 0 Å². The van der Waals surface area contributed by atoms with Crippen molar-refractivity contribution in [2.75, 3.05) is 4.90 Å². The molecule has 1 aliphatic carbocycles. The van der Waals surface area contributed by atoms with Crippen molar-refractivity contribution in [1.29, 1.82) is 0 Å². The lowest BCUT2D eigenvalue weighted by molar-refractivity contribution is 0.455. The molecule has 0 saturated heterocycles. The first kappa shape index (κ1) is 28.7. The third kappa shape index (κ3) is 4.82. The number of benzene rings is 7. The molecule has 1 aliphatic heterocycles. The van der Waals surface area contributed by atoms with Crippen molar-refractivity contribution >= 4 is 51.7 Å². The summed E-state index contributed by atoms with van der Waals surface area (Å²) in [5.74, 6) is 1.90. The van der Waals surface area contributed by atoms with Gasteiger partial charge in [0.1, 0.15) is 11.5 Å². The summed E-state index contributed by atoms with van der Waals surface area (Å²) in [7, 11) is 0. The molecule has 0 spiro atoms. The molecule has 7 aromatic carbocycles. The maximum Gasteiger partial charge on any atom is 0.149 e. The van der Waals surface area contributed by atoms with E-state index in [1.807, 2.05) is 12.1 Å². The highest BCUT2D eigenvalue weighted by molar-refractivity contribution is 7.99. The van der Waals surface area contributed by atoms with Gasteiger partial charge in [-0.25, -0.2) is 0 Å². The average molecular weight is 636 g/mol. The van der Waals surface area contributed by atoms with Crippen LogP contribution in [0.25, 0.3) is 34.1 Å². The van der Waals surface area contributed by atoms with Crippen LogP contribution in [-0.2, 0) is 5.41 Å². The topological polar surface area (TPSA) is 12.5 Å². The molecule has 3 heteroatoms. The molecule has 0 unspecified atom stereocenters. The number of hydrogen-bond donors (Lipinski definition) is 0. The van der Waals surface area contributed by atoms with Gasteiger partial charge in [-0.1, -0.05) is 135 Å². The number of ether oxygens (including phenoxy) is 1. The zero-order chi connectivity index (χ0) is 32.2. The van der Waals surface area contributed by atoms with Crippen LogP contribution in [0.3, 0.4) is 0 Å². The van der Waals surface area contributed by atoms with Crippen LogP contribution in [0.15, 0.2) is 161 Å². The van der Waals surface area contributed by atoms with Gasteiger partial charge in [0.15, 0.2) is 0 Å². The van der Waals surface area contributed by atoms with E-state index in [4.69, 9.17) is 4.74 Å². The number of nitrogens with zero attached hydrogens (tertiary/aromatic N) is 1. The second-order valence-electron chi connectivity index (χ2n) is 13.0. The molecule has 0 aromatic heterocycles. The highest BCUT2D eigenvalue weighted by Gasteiger charge is 2.40. The van der Waals surface area contributed by atoms with Crippen molar-refractivity contribution in [2.24, 2.45) is 0 Å². The molecule has 9 rings (SSSR count). The molecule has 0 amide bonds. The van der Waals surface area contributed by atoms with Crippen LogP contribution >= 0.6 is 11.8 Å². The molecule has 0 fully saturated rings. The van der Waals surface area contributed by atoms with E-state index < -0.39 is 0 Å². The van der Waals surface area contributed by atoms with Crippen LogP contribution in [0, 0.1) is 0 Å². The molecule has 48 heavy (non-hydrogen) atoms. The van der Waals surface area contributed by atoms with Crippen molar-refractivity contribution in [3.8, 4) is 22.6 Å². The molecule has 0 bridgehead atoms. The molecule has 0 N–H and O–H groups in total. The Morgan fingerprint density at radius 1 is 0.542 bits per heavy atom. The summed E-state index contributed by atoms with van der Waals surface area (Å²) in [4.78, 5) is 4.71. The molecular formula is C45H33NOS. The second kappa shape index (κ2) is 11.3. The first-order valence-electron chi connectivity index (χ1n) is 16.4. The molecule has 0 atom stereocenters. The van der Waals surface area contributed by atoms with Crippen LogP contribution in [0.2, 0.25) is 0 Å². The van der Waals surface area contributed by atoms with E-state index in [2.05, 4.69) is 170 Å². The zero-order valence-corrected chi connectivity index (χ0v) is 27.7. The average Bonchev–Trinajstić information content (AvgIpc) is 3.36. The lowest BCUT2D eigenvalue weighted by Gasteiger charge is -2.28. The largest absolute Gasteiger partial charge is 0.454 e. The van der Waals surface area contributed by atoms with Gasteiger partial charge in [0, 0.05) is 28.0 Å². The molecule has 0 radical (unpaired) electrons. The Labute approximate surface area is 286 Å². The van der Waals surface area contributed by atoms with E-state index in [1.165, 1.54) is 43.5 Å². The van der Waals surface area contributed by atoms with Crippen LogP contribution in [0.5, 0.6) is 11.5 Å². The van der Waals surface area contributed by atoms with Crippen LogP contribution in [0.1, 0.15) is 36.1 Å². The van der Waals surface area contributed by atoms with Gasteiger partial charge < -0.3 is 9.64 Å². The molecule has 7 aromatic rings. The highest BCUT2D eigenvalue weighted by atomic mass is 32.2. The Morgan fingerprint density at radius 3 is 2.04 bits per heavy atom. The van der Waals surface area contributed by atoms with Gasteiger partial charge in [-0.3, -0.25) is 0 Å². The van der Waals surface area contributed by atoms with Crippen LogP contribution < -0.4 is 9.64 Å². The first-order chi connectivity index (χ1) is 23.5. The fourth-order valence-electron chi connectivity index (χ4n) is 7.19. The molecule has 2 aliphatic rings. The molecule has 2 nitrogen and oxygen atoms in total. The van der Waals surface area contributed by atoms with E-state index in [0.717, 1.165) is 39.0 Å². The molecular weight excluding hydrogens is 603 g/mol. The zero-order valence-electron chi connectivity index (χ0n) is 26.9. The second-order valence-corrected chi connectivity index (χ2v) is 14.1. The maximum atomic E-state index is 6.65. The highest BCUT2D eigenvalue weighted by Crippen LogP contribution is 2.59. The normalized spacial score (nSPS) is 13.8. The Balaban J connectivity index is 1.15. The minimum absolute atomic E-state index is 0.193. The van der Waals surface area contributed by atoms with Gasteiger partial charge in [-0.05, 0) is 93.2 Å². The van der Waals surface area contributed by atoms with Crippen molar-refractivity contribution in [2.45, 2.75) is 29.1 Å². The lowest BCUT2D eigenvalue weighted by Crippen LogP contribution is -2.16. The first-order valence-corrected chi connectivity index (χ1v) is 17.2. The summed E-state index contributed by atoms with van der Waals surface area (Å²) in [5.41, 5.74) is 10.6. The fourth-order valence-corrected chi connectivity index (χ4v) is 8.15. The minimum atomic E-state index is -0.193. The molecule has 230 valence electrons. The predicted molar refractivity (Wildman–Crippen MR) is 202 cm³/mol. The maximum absolute atomic E-state index is 6.65. The van der Waals surface area contributed by atoms with Gasteiger partial charge in [-0.15, -0.1) is 0 Å². The number of hydrogen-bond acceptors (Lipinski definition) is 3. The SMILES string of the molecule is CC1(C)c2cc(N(c3ccc(/C=C/c4ccccc4)cc3)c3ccc4ccccc4c3)ccc2-c2c1ccc1c2Oc2ccccc2S1. The van der Waals surface area contributed by atoms with E-state index in [0.29, 0.717) is 0 Å². The van der Waals surface area contributed by atoms with Gasteiger partial charge in [0.05, 0.1) is 9.79 Å². The van der Waals surface area contributed by atoms with Gasteiger partial charge in [0.2, 0.25) is 0 Å². The monoisotopic (exact) mass is 635 g/mol. The Morgan fingerprint density at radius 2 is 1.21 bits per heavy atom. The molecule has 0 saturated carbocycles. The van der Waals surface area contributed by atoms with Crippen LogP contribution in [0.4, 0.5) is 17.1 Å². The van der Waals surface area contributed by atoms with Crippen molar-refractivity contribution < 1.29 is 4.74 Å². The Bertz CT molecular complexity index is 2370. The predicted octanol–water partition coefficient (Wildman–Crippen LogP) is 13.0. The third-order valence-corrected chi connectivity index (χ3v) is 10.8. The third-order valence-electron chi connectivity index (χ3n) is 9.69. The minimum Gasteiger partial charge on any atom is -0.454 e. The number of anilines is 3.